The number of carbonyl (C=O) groups excluding carboxylic acids is 4. The summed E-state index contributed by atoms with van der Waals surface area (Å²) < 4.78 is 56.7. The first kappa shape index (κ1) is 38.2. The van der Waals surface area contributed by atoms with E-state index >= 15 is 4.39 Å². The molecule has 2 saturated carbocycles. The number of hydrogen-bond donors (Lipinski definition) is 3. The molecule has 3 aliphatic rings. The topological polar surface area (TPSA) is 129 Å². The molecule has 2 aromatic rings. The van der Waals surface area contributed by atoms with Crippen LogP contribution in [0.1, 0.15) is 81.8 Å². The number of aryl methyl sites for hydroxylation is 1. The lowest BCUT2D eigenvalue weighted by molar-refractivity contribution is -0.154. The highest BCUT2D eigenvalue weighted by Crippen LogP contribution is 2.51. The van der Waals surface area contributed by atoms with Gasteiger partial charge in [0.2, 0.25) is 17.7 Å². The van der Waals surface area contributed by atoms with Gasteiger partial charge in [0.1, 0.15) is 23.6 Å². The maximum absolute atomic E-state index is 15.8. The van der Waals surface area contributed by atoms with Gasteiger partial charge in [-0.15, -0.1) is 0 Å². The number of aromatic nitrogens is 2. The Bertz CT molecular complexity index is 1580. The number of nitrogens with one attached hydrogen (secondary N) is 3. The van der Waals surface area contributed by atoms with Crippen LogP contribution in [0.3, 0.4) is 0 Å². The van der Waals surface area contributed by atoms with Crippen molar-refractivity contribution < 1.29 is 36.7 Å². The summed E-state index contributed by atoms with van der Waals surface area (Å²) in [5, 5.41) is 12.3. The van der Waals surface area contributed by atoms with E-state index in [0.29, 0.717) is 37.4 Å². The number of nitrogens with zero attached hydrogens (tertiary/aromatic N) is 4. The minimum Gasteiger partial charge on any atom is -0.343 e. The molecule has 5 atom stereocenters. The molecule has 1 aromatic carbocycles. The van der Waals surface area contributed by atoms with E-state index < -0.39 is 66.0 Å². The quantitative estimate of drug-likeness (QED) is 0.246. The largest absolute Gasteiger partial charge is 0.389 e. The molecule has 0 bridgehead atoms. The molecule has 11 nitrogen and oxygen atoms in total. The Hall–Kier alpha value is -4.01. The minimum absolute atomic E-state index is 0.0145. The second-order valence-corrected chi connectivity index (χ2v) is 14.6. The molecule has 0 unspecified atom stereocenters. The Morgan fingerprint density at radius 1 is 0.961 bits per heavy atom. The Morgan fingerprint density at radius 2 is 1.63 bits per heavy atom. The van der Waals surface area contributed by atoms with Gasteiger partial charge in [0.05, 0.1) is 12.1 Å². The third kappa shape index (κ3) is 9.46. The molecule has 3 N–H and O–H groups in total. The lowest BCUT2D eigenvalue weighted by Crippen LogP contribution is -2.58. The van der Waals surface area contributed by atoms with E-state index in [-0.39, 0.29) is 29.5 Å². The number of alkyl halides is 3. The number of anilines is 1. The third-order valence-electron chi connectivity index (χ3n) is 10.6. The van der Waals surface area contributed by atoms with Crippen molar-refractivity contribution in [3.8, 4) is 0 Å². The van der Waals surface area contributed by atoms with E-state index in [9.17, 15) is 32.3 Å². The lowest BCUT2D eigenvalue weighted by atomic mass is 9.88. The molecular formula is C36H49F4N7O4. The molecule has 51 heavy (non-hydrogen) atoms. The summed E-state index contributed by atoms with van der Waals surface area (Å²) in [5.41, 5.74) is 0.499. The third-order valence-corrected chi connectivity index (χ3v) is 10.6. The summed E-state index contributed by atoms with van der Waals surface area (Å²) in [6, 6.07) is 3.47. The zero-order valence-corrected chi connectivity index (χ0v) is 29.8. The summed E-state index contributed by atoms with van der Waals surface area (Å²) in [7, 11) is 1.92. The molecule has 5 rings (SSSR count). The molecule has 15 heteroatoms. The van der Waals surface area contributed by atoms with Crippen LogP contribution in [0, 0.1) is 29.5 Å². The van der Waals surface area contributed by atoms with E-state index in [1.54, 1.807) is 17.9 Å². The Balaban J connectivity index is 1.35. The maximum Gasteiger partial charge on any atom is 0.389 e. The van der Waals surface area contributed by atoms with Crippen LogP contribution in [0.5, 0.6) is 0 Å². The highest BCUT2D eigenvalue weighted by atomic mass is 19.4. The first-order chi connectivity index (χ1) is 24.1. The smallest absolute Gasteiger partial charge is 0.343 e. The highest BCUT2D eigenvalue weighted by Gasteiger charge is 2.48. The fraction of sp³-hybridized carbons (Fsp3) is 0.639. The van der Waals surface area contributed by atoms with Crippen LogP contribution in [0.4, 0.5) is 23.2 Å². The molecule has 0 spiro atoms. The van der Waals surface area contributed by atoms with Gasteiger partial charge in [-0.2, -0.15) is 18.3 Å². The van der Waals surface area contributed by atoms with E-state index in [0.717, 1.165) is 38.7 Å². The average molecular weight is 720 g/mol. The molecule has 2 aliphatic carbocycles. The van der Waals surface area contributed by atoms with Crippen LogP contribution in [-0.2, 0) is 20.9 Å². The van der Waals surface area contributed by atoms with Crippen molar-refractivity contribution in [2.75, 3.05) is 32.0 Å². The summed E-state index contributed by atoms with van der Waals surface area (Å²) in [5.74, 6) is -5.00. The molecule has 1 saturated heterocycles. The van der Waals surface area contributed by atoms with Crippen molar-refractivity contribution in [3.63, 3.8) is 0 Å². The second-order valence-electron chi connectivity index (χ2n) is 14.6. The number of halogens is 4. The van der Waals surface area contributed by atoms with Crippen LogP contribution in [0.25, 0.3) is 0 Å². The van der Waals surface area contributed by atoms with Crippen molar-refractivity contribution in [2.24, 2.45) is 23.7 Å². The van der Waals surface area contributed by atoms with Crippen LogP contribution >= 0.6 is 0 Å². The predicted molar refractivity (Wildman–Crippen MR) is 182 cm³/mol. The number of hydrogen-bond acceptors (Lipinski definition) is 6. The molecule has 2 heterocycles. The number of piperazine rings is 1. The van der Waals surface area contributed by atoms with Gasteiger partial charge in [0.15, 0.2) is 0 Å². The normalized spacial score (nSPS) is 20.7. The van der Waals surface area contributed by atoms with Gasteiger partial charge in [0.25, 0.3) is 5.91 Å². The number of rotatable bonds is 14. The molecule has 4 amide bonds. The van der Waals surface area contributed by atoms with Crippen molar-refractivity contribution in [1.82, 2.24) is 30.2 Å². The molecular weight excluding hydrogens is 670 g/mol. The Labute approximate surface area is 295 Å². The number of likely N-dealkylation sites (N-methyl/N-ethyl adjacent to an activating group) is 1. The average Bonchev–Trinajstić information content (AvgIpc) is 4.02. The van der Waals surface area contributed by atoms with E-state index in [1.807, 2.05) is 20.9 Å². The number of benzene rings is 1. The fourth-order valence-electron chi connectivity index (χ4n) is 7.12. The Kier molecular flexibility index (Phi) is 11.8. The summed E-state index contributed by atoms with van der Waals surface area (Å²) in [6.45, 7) is 8.30. The first-order valence-electron chi connectivity index (χ1n) is 17.9. The van der Waals surface area contributed by atoms with Crippen molar-refractivity contribution in [1.29, 1.82) is 0 Å². The van der Waals surface area contributed by atoms with E-state index in [4.69, 9.17) is 0 Å². The molecule has 280 valence electrons. The molecule has 0 radical (unpaired) electrons. The van der Waals surface area contributed by atoms with Gasteiger partial charge in [-0.25, -0.2) is 4.39 Å². The maximum atomic E-state index is 15.8. The lowest BCUT2D eigenvalue weighted by Gasteiger charge is -2.40. The number of carbonyl (C=O) groups is 4. The zero-order chi connectivity index (χ0) is 37.2. The zero-order valence-electron chi connectivity index (χ0n) is 29.8. The van der Waals surface area contributed by atoms with Crippen molar-refractivity contribution in [3.05, 3.63) is 47.5 Å². The minimum atomic E-state index is -4.57. The van der Waals surface area contributed by atoms with Gasteiger partial charge < -0.3 is 25.8 Å². The summed E-state index contributed by atoms with van der Waals surface area (Å²) in [4.78, 5) is 57.7. The molecule has 3 fully saturated rings. The SMILES string of the molecule is CCn1nccc1C(=O)N[C@H](C(=O)Nc1ccc([C@H](C)[C@@H](NC(=O)[C@H](C)CC(F)(F)F)C(=O)N2CCN(C)[C@H](C)C2)cc1F)C(C1CC1)C1CC1. The highest BCUT2D eigenvalue weighted by molar-refractivity contribution is 6.01. The fourth-order valence-corrected chi connectivity index (χ4v) is 7.12. The van der Waals surface area contributed by atoms with Crippen molar-refractivity contribution in [2.45, 2.75) is 96.6 Å². The molecule has 1 aromatic heterocycles. The monoisotopic (exact) mass is 719 g/mol. The van der Waals surface area contributed by atoms with Crippen molar-refractivity contribution >= 4 is 29.3 Å². The van der Waals surface area contributed by atoms with E-state index in [1.165, 1.54) is 23.0 Å². The second kappa shape index (κ2) is 15.7. The molecule has 1 aliphatic heterocycles. The van der Waals surface area contributed by atoms with Crippen LogP contribution in [-0.4, -0.2) is 94.2 Å². The van der Waals surface area contributed by atoms with E-state index in [2.05, 4.69) is 25.9 Å². The van der Waals surface area contributed by atoms with Gasteiger partial charge in [0, 0.05) is 50.3 Å². The van der Waals surface area contributed by atoms with Crippen LogP contribution in [0.15, 0.2) is 30.5 Å². The standard InChI is InChI=1S/C36H49F4N7O4/c1-6-47-28(13-14-41-47)33(49)44-31(29(23-7-8-23)24-9-10-24)34(50)42-27-12-11-25(17-26(27)37)22(4)30(43-32(48)20(2)18-36(38,39)40)35(51)46-16-15-45(5)21(3)19-46/h11-14,17,20-24,29-31H,6-10,15-16,18-19H2,1-5H3,(H,42,50)(H,43,48)(H,44,49)/t20-,21-,22+,30-,31+/m1/s1. The van der Waals surface area contributed by atoms with Crippen LogP contribution < -0.4 is 16.0 Å². The van der Waals surface area contributed by atoms with Gasteiger partial charge in [-0.3, -0.25) is 23.9 Å². The first-order valence-corrected chi connectivity index (χ1v) is 17.9. The van der Waals surface area contributed by atoms with Gasteiger partial charge in [-0.05, 0) is 88.1 Å². The Morgan fingerprint density at radius 3 is 2.20 bits per heavy atom. The number of amides is 4. The summed E-state index contributed by atoms with van der Waals surface area (Å²) >= 11 is 0. The predicted octanol–water partition coefficient (Wildman–Crippen LogP) is 4.55. The van der Waals surface area contributed by atoms with Crippen LogP contribution in [0.2, 0.25) is 0 Å². The van der Waals surface area contributed by atoms with Gasteiger partial charge >= 0.3 is 6.18 Å². The summed E-state index contributed by atoms with van der Waals surface area (Å²) in [6.07, 6.45) is -0.604. The van der Waals surface area contributed by atoms with Gasteiger partial charge in [-0.1, -0.05) is 19.9 Å².